The van der Waals surface area contributed by atoms with Gasteiger partial charge in [-0.25, -0.2) is 5.43 Å². The maximum absolute atomic E-state index is 11.9. The van der Waals surface area contributed by atoms with Crippen LogP contribution < -0.4 is 10.3 Å². The Morgan fingerprint density at radius 3 is 2.32 bits per heavy atom. The minimum absolute atomic E-state index is 0.156. The van der Waals surface area contributed by atoms with Gasteiger partial charge in [-0.2, -0.15) is 5.10 Å². The van der Waals surface area contributed by atoms with Crippen LogP contribution in [0.4, 0.5) is 11.4 Å². The number of anilines is 2. The molecule has 0 atom stereocenters. The Kier molecular flexibility index (Phi) is 7.12. The molecule has 0 saturated carbocycles. The quantitative estimate of drug-likeness (QED) is 0.325. The van der Waals surface area contributed by atoms with Crippen molar-refractivity contribution >= 4 is 46.9 Å². The van der Waals surface area contributed by atoms with Crippen LogP contribution in [-0.4, -0.2) is 24.9 Å². The number of benzene rings is 3. The summed E-state index contributed by atoms with van der Waals surface area (Å²) >= 11 is 7.29. The van der Waals surface area contributed by atoms with Crippen LogP contribution in [0.25, 0.3) is 0 Å². The molecule has 3 aromatic carbocycles. The maximum Gasteiger partial charge on any atom is 0.250 e. The standard InChI is InChI=1S/C22H20ClN3OS/c1-26(19-5-3-2-4-6-19)20-11-7-17(8-12-20)15-24-25-22(27)16-28-21-13-9-18(23)10-14-21/h2-15H,16H2,1H3,(H,25,27). The number of halogens is 1. The van der Waals surface area contributed by atoms with Crippen LogP contribution in [0.3, 0.4) is 0 Å². The zero-order valence-corrected chi connectivity index (χ0v) is 17.0. The van der Waals surface area contributed by atoms with Crippen molar-refractivity contribution in [1.29, 1.82) is 0 Å². The van der Waals surface area contributed by atoms with Crippen molar-refractivity contribution in [2.75, 3.05) is 17.7 Å². The summed E-state index contributed by atoms with van der Waals surface area (Å²) in [6.45, 7) is 0. The topological polar surface area (TPSA) is 44.7 Å². The summed E-state index contributed by atoms with van der Waals surface area (Å²) in [7, 11) is 2.02. The van der Waals surface area contributed by atoms with Crippen LogP contribution in [0, 0.1) is 0 Å². The molecule has 0 saturated heterocycles. The van der Waals surface area contributed by atoms with E-state index in [1.807, 2.05) is 61.6 Å². The van der Waals surface area contributed by atoms with Crippen molar-refractivity contribution in [3.63, 3.8) is 0 Å². The minimum Gasteiger partial charge on any atom is -0.345 e. The van der Waals surface area contributed by atoms with Gasteiger partial charge in [0.05, 0.1) is 12.0 Å². The van der Waals surface area contributed by atoms with Crippen LogP contribution in [0.2, 0.25) is 5.02 Å². The molecule has 0 aliphatic carbocycles. The summed E-state index contributed by atoms with van der Waals surface area (Å²) in [6.07, 6.45) is 1.64. The Bertz CT molecular complexity index is 928. The van der Waals surface area contributed by atoms with Gasteiger partial charge in [-0.1, -0.05) is 41.9 Å². The summed E-state index contributed by atoms with van der Waals surface area (Å²) in [5.41, 5.74) is 5.66. The predicted molar refractivity (Wildman–Crippen MR) is 119 cm³/mol. The molecule has 0 radical (unpaired) electrons. The number of thioether (sulfide) groups is 1. The number of para-hydroxylation sites is 1. The molecule has 0 bridgehead atoms. The molecule has 6 heteroatoms. The molecule has 0 fully saturated rings. The number of rotatable bonds is 7. The number of carbonyl (C=O) groups is 1. The lowest BCUT2D eigenvalue weighted by atomic mass is 10.2. The Hall–Kier alpha value is -2.76. The number of amides is 1. The highest BCUT2D eigenvalue weighted by Gasteiger charge is 2.03. The highest BCUT2D eigenvalue weighted by atomic mass is 35.5. The van der Waals surface area contributed by atoms with Crippen LogP contribution in [-0.2, 0) is 4.79 Å². The van der Waals surface area contributed by atoms with Gasteiger partial charge in [-0.15, -0.1) is 11.8 Å². The van der Waals surface area contributed by atoms with Crippen molar-refractivity contribution in [2.45, 2.75) is 4.90 Å². The van der Waals surface area contributed by atoms with Gasteiger partial charge in [0.25, 0.3) is 0 Å². The number of hydrogen-bond acceptors (Lipinski definition) is 4. The van der Waals surface area contributed by atoms with Gasteiger partial charge in [0.15, 0.2) is 0 Å². The summed E-state index contributed by atoms with van der Waals surface area (Å²) < 4.78 is 0. The highest BCUT2D eigenvalue weighted by Crippen LogP contribution is 2.23. The first-order valence-electron chi connectivity index (χ1n) is 8.71. The average molecular weight is 410 g/mol. The number of nitrogens with zero attached hydrogens (tertiary/aromatic N) is 2. The molecule has 0 aliphatic heterocycles. The van der Waals surface area contributed by atoms with Gasteiger partial charge >= 0.3 is 0 Å². The monoisotopic (exact) mass is 409 g/mol. The number of hydrazone groups is 1. The fourth-order valence-electron chi connectivity index (χ4n) is 2.48. The van der Waals surface area contributed by atoms with Gasteiger partial charge in [-0.3, -0.25) is 4.79 Å². The highest BCUT2D eigenvalue weighted by molar-refractivity contribution is 8.00. The second-order valence-electron chi connectivity index (χ2n) is 6.02. The van der Waals surface area contributed by atoms with E-state index in [4.69, 9.17) is 11.6 Å². The Balaban J connectivity index is 1.49. The Labute approximate surface area is 174 Å². The molecule has 4 nitrogen and oxygen atoms in total. The molecule has 3 rings (SSSR count). The average Bonchev–Trinajstić information content (AvgIpc) is 2.74. The second kappa shape index (κ2) is 9.97. The number of hydrogen-bond donors (Lipinski definition) is 1. The van der Waals surface area contributed by atoms with Crippen molar-refractivity contribution in [1.82, 2.24) is 5.43 Å². The van der Waals surface area contributed by atoms with E-state index in [2.05, 4.69) is 27.6 Å². The molecule has 0 spiro atoms. The van der Waals surface area contributed by atoms with E-state index < -0.39 is 0 Å². The van der Waals surface area contributed by atoms with E-state index in [0.29, 0.717) is 10.8 Å². The van der Waals surface area contributed by atoms with Crippen molar-refractivity contribution in [3.8, 4) is 0 Å². The molecule has 1 N–H and O–H groups in total. The van der Waals surface area contributed by atoms with Crippen molar-refractivity contribution in [3.05, 3.63) is 89.4 Å². The van der Waals surface area contributed by atoms with Gasteiger partial charge < -0.3 is 4.90 Å². The normalized spacial score (nSPS) is 10.8. The van der Waals surface area contributed by atoms with Crippen LogP contribution >= 0.6 is 23.4 Å². The molecule has 1 amide bonds. The lowest BCUT2D eigenvalue weighted by Gasteiger charge is -2.19. The van der Waals surface area contributed by atoms with E-state index in [1.54, 1.807) is 18.3 Å². The smallest absolute Gasteiger partial charge is 0.250 e. The SMILES string of the molecule is CN(c1ccccc1)c1ccc(C=NNC(=O)CSc2ccc(Cl)cc2)cc1. The summed E-state index contributed by atoms with van der Waals surface area (Å²) in [5.74, 6) is 0.136. The molecule has 0 heterocycles. The number of nitrogens with one attached hydrogen (secondary N) is 1. The molecule has 0 aliphatic rings. The van der Waals surface area contributed by atoms with Crippen LogP contribution in [0.1, 0.15) is 5.56 Å². The van der Waals surface area contributed by atoms with E-state index in [9.17, 15) is 4.79 Å². The molecule has 142 valence electrons. The van der Waals surface area contributed by atoms with Gasteiger partial charge in [0.2, 0.25) is 5.91 Å². The van der Waals surface area contributed by atoms with Crippen molar-refractivity contribution < 1.29 is 4.79 Å². The fourth-order valence-corrected chi connectivity index (χ4v) is 3.29. The Morgan fingerprint density at radius 1 is 1.00 bits per heavy atom. The van der Waals surface area contributed by atoms with Gasteiger partial charge in [0.1, 0.15) is 0 Å². The third-order valence-electron chi connectivity index (χ3n) is 4.01. The summed E-state index contributed by atoms with van der Waals surface area (Å²) in [4.78, 5) is 15.0. The maximum atomic E-state index is 11.9. The van der Waals surface area contributed by atoms with E-state index in [0.717, 1.165) is 21.8 Å². The molecule has 0 aromatic heterocycles. The third-order valence-corrected chi connectivity index (χ3v) is 5.27. The summed E-state index contributed by atoms with van der Waals surface area (Å²) in [5, 5.41) is 4.71. The van der Waals surface area contributed by atoms with Crippen molar-refractivity contribution in [2.24, 2.45) is 5.10 Å². The fraction of sp³-hybridized carbons (Fsp3) is 0.0909. The minimum atomic E-state index is -0.156. The molecular weight excluding hydrogens is 390 g/mol. The third kappa shape index (κ3) is 5.87. The lowest BCUT2D eigenvalue weighted by molar-refractivity contribution is -0.118. The van der Waals surface area contributed by atoms with Gasteiger partial charge in [-0.05, 0) is 54.1 Å². The van der Waals surface area contributed by atoms with Crippen LogP contribution in [0.15, 0.2) is 88.9 Å². The first-order chi connectivity index (χ1) is 13.6. The zero-order valence-electron chi connectivity index (χ0n) is 15.4. The summed E-state index contributed by atoms with van der Waals surface area (Å²) in [6, 6.07) is 25.5. The number of carbonyl (C=O) groups excluding carboxylic acids is 1. The predicted octanol–water partition coefficient (Wildman–Crippen LogP) is 5.35. The Morgan fingerprint density at radius 2 is 1.64 bits per heavy atom. The van der Waals surface area contributed by atoms with E-state index >= 15 is 0 Å². The molecule has 3 aromatic rings. The molecular formula is C22H20ClN3OS. The zero-order chi connectivity index (χ0) is 19.8. The molecule has 28 heavy (non-hydrogen) atoms. The first kappa shape index (κ1) is 20.0. The van der Waals surface area contributed by atoms with E-state index in [1.165, 1.54) is 11.8 Å². The second-order valence-corrected chi connectivity index (χ2v) is 7.51. The van der Waals surface area contributed by atoms with Gasteiger partial charge in [0, 0.05) is 28.3 Å². The largest absolute Gasteiger partial charge is 0.345 e. The lowest BCUT2D eigenvalue weighted by Crippen LogP contribution is -2.19. The van der Waals surface area contributed by atoms with Crippen LogP contribution in [0.5, 0.6) is 0 Å². The first-order valence-corrected chi connectivity index (χ1v) is 10.1. The van der Waals surface area contributed by atoms with E-state index in [-0.39, 0.29) is 5.91 Å². The molecule has 0 unspecified atom stereocenters.